The first-order chi connectivity index (χ1) is 11.6. The van der Waals surface area contributed by atoms with Gasteiger partial charge in [-0.15, -0.1) is 0 Å². The van der Waals surface area contributed by atoms with Crippen molar-refractivity contribution in [2.45, 2.75) is 19.8 Å². The van der Waals surface area contributed by atoms with Crippen molar-refractivity contribution < 1.29 is 9.18 Å². The molecule has 124 valence electrons. The Bertz CT molecular complexity index is 804. The molecule has 0 N–H and O–H groups in total. The van der Waals surface area contributed by atoms with E-state index in [2.05, 4.69) is 17.0 Å². The highest BCUT2D eigenvalue weighted by atomic mass is 32.2. The summed E-state index contributed by atoms with van der Waals surface area (Å²) in [6.45, 7) is 2.69. The summed E-state index contributed by atoms with van der Waals surface area (Å²) in [5.41, 5.74) is 0.910. The van der Waals surface area contributed by atoms with Gasteiger partial charge < -0.3 is 0 Å². The lowest BCUT2D eigenvalue weighted by Crippen LogP contribution is -2.28. The zero-order valence-electron chi connectivity index (χ0n) is 13.0. The molecule has 0 radical (unpaired) electrons. The smallest absolute Gasteiger partial charge is 0.266 e. The van der Waals surface area contributed by atoms with E-state index in [-0.39, 0.29) is 5.91 Å². The third-order valence-electron chi connectivity index (χ3n) is 3.54. The SMILES string of the molecule is CCCCN1C(=O)/C(=C\c2ccc(-n3cncn3)c(F)c2)SC1=S. The van der Waals surface area contributed by atoms with Crippen LogP contribution in [0.3, 0.4) is 0 Å². The Morgan fingerprint density at radius 3 is 2.92 bits per heavy atom. The number of nitrogens with zero attached hydrogens (tertiary/aromatic N) is 4. The van der Waals surface area contributed by atoms with Crippen LogP contribution in [0.5, 0.6) is 0 Å². The van der Waals surface area contributed by atoms with Crippen molar-refractivity contribution in [3.8, 4) is 5.69 Å². The van der Waals surface area contributed by atoms with E-state index in [9.17, 15) is 9.18 Å². The zero-order valence-corrected chi connectivity index (χ0v) is 14.6. The molecule has 8 heteroatoms. The van der Waals surface area contributed by atoms with Gasteiger partial charge in [-0.05, 0) is 30.2 Å². The van der Waals surface area contributed by atoms with Gasteiger partial charge in [0.05, 0.1) is 4.91 Å². The standard InChI is InChI=1S/C16H15FN4OS2/c1-2-3-6-20-15(22)14(24-16(20)23)8-11-4-5-13(12(17)7-11)21-10-18-9-19-21/h4-5,7-10H,2-3,6H2,1H3/b14-8+. The minimum atomic E-state index is -0.435. The monoisotopic (exact) mass is 362 g/mol. The van der Waals surface area contributed by atoms with Gasteiger partial charge in [0, 0.05) is 6.54 Å². The average molecular weight is 362 g/mol. The number of benzene rings is 1. The van der Waals surface area contributed by atoms with E-state index in [4.69, 9.17) is 12.2 Å². The van der Waals surface area contributed by atoms with E-state index in [0.717, 1.165) is 12.8 Å². The molecule has 0 atom stereocenters. The lowest BCUT2D eigenvalue weighted by Gasteiger charge is -2.13. The molecule has 24 heavy (non-hydrogen) atoms. The number of carbonyl (C=O) groups excluding carboxylic acids is 1. The fraction of sp³-hybridized carbons (Fsp3) is 0.250. The molecule has 5 nitrogen and oxygen atoms in total. The molecular formula is C16H15FN4OS2. The third kappa shape index (κ3) is 3.39. The Labute approximate surface area is 148 Å². The first kappa shape index (κ1) is 16.8. The zero-order chi connectivity index (χ0) is 17.1. The van der Waals surface area contributed by atoms with Crippen LogP contribution in [0.4, 0.5) is 4.39 Å². The summed E-state index contributed by atoms with van der Waals surface area (Å²) in [5.74, 6) is -0.546. The second-order valence-electron chi connectivity index (χ2n) is 5.24. The van der Waals surface area contributed by atoms with Crippen molar-refractivity contribution in [1.82, 2.24) is 19.7 Å². The molecule has 2 aromatic rings. The van der Waals surface area contributed by atoms with Gasteiger partial charge in [0.25, 0.3) is 5.91 Å². The molecule has 0 bridgehead atoms. The number of thiocarbonyl (C=S) groups is 1. The van der Waals surface area contributed by atoms with E-state index < -0.39 is 5.82 Å². The maximum Gasteiger partial charge on any atom is 0.266 e. The number of thioether (sulfide) groups is 1. The van der Waals surface area contributed by atoms with E-state index in [1.54, 1.807) is 23.1 Å². The second-order valence-corrected chi connectivity index (χ2v) is 6.91. The quantitative estimate of drug-likeness (QED) is 0.603. The van der Waals surface area contributed by atoms with Crippen molar-refractivity contribution in [2.24, 2.45) is 0 Å². The predicted octanol–water partition coefficient (Wildman–Crippen LogP) is 3.41. The number of amides is 1. The minimum Gasteiger partial charge on any atom is -0.293 e. The van der Waals surface area contributed by atoms with Crippen LogP contribution >= 0.6 is 24.0 Å². The predicted molar refractivity (Wildman–Crippen MR) is 96.1 cm³/mol. The molecule has 1 aromatic heterocycles. The van der Waals surface area contributed by atoms with Gasteiger partial charge in [-0.3, -0.25) is 9.69 Å². The highest BCUT2D eigenvalue weighted by Crippen LogP contribution is 2.33. The Balaban J connectivity index is 1.83. The molecule has 3 rings (SSSR count). The van der Waals surface area contributed by atoms with Crippen molar-refractivity contribution in [3.63, 3.8) is 0 Å². The average Bonchev–Trinajstić information content (AvgIpc) is 3.16. The highest BCUT2D eigenvalue weighted by molar-refractivity contribution is 8.26. The molecule has 1 aliphatic heterocycles. The first-order valence-corrected chi connectivity index (χ1v) is 8.72. The number of rotatable bonds is 5. The summed E-state index contributed by atoms with van der Waals surface area (Å²) in [5, 5.41) is 3.91. The van der Waals surface area contributed by atoms with Crippen LogP contribution in [0.15, 0.2) is 35.8 Å². The van der Waals surface area contributed by atoms with Crippen molar-refractivity contribution in [1.29, 1.82) is 0 Å². The summed E-state index contributed by atoms with van der Waals surface area (Å²) in [6.07, 6.45) is 6.33. The maximum atomic E-state index is 14.3. The normalized spacial score (nSPS) is 16.4. The lowest BCUT2D eigenvalue weighted by atomic mass is 10.1. The summed E-state index contributed by atoms with van der Waals surface area (Å²) in [6, 6.07) is 4.71. The molecule has 0 aliphatic carbocycles. The number of hydrogen-bond acceptors (Lipinski definition) is 5. The highest BCUT2D eigenvalue weighted by Gasteiger charge is 2.31. The Kier molecular flexibility index (Phi) is 5.06. The van der Waals surface area contributed by atoms with Gasteiger partial charge in [-0.2, -0.15) is 5.10 Å². The van der Waals surface area contributed by atoms with Crippen molar-refractivity contribution in [2.75, 3.05) is 6.54 Å². The molecule has 1 fully saturated rings. The van der Waals surface area contributed by atoms with Crippen LogP contribution in [-0.4, -0.2) is 36.4 Å². The molecular weight excluding hydrogens is 347 g/mol. The molecule has 1 aliphatic rings. The molecule has 0 unspecified atom stereocenters. The third-order valence-corrected chi connectivity index (χ3v) is 4.92. The van der Waals surface area contributed by atoms with E-state index in [1.165, 1.54) is 35.2 Å². The van der Waals surface area contributed by atoms with Crippen molar-refractivity contribution in [3.05, 3.63) is 47.1 Å². The van der Waals surface area contributed by atoms with E-state index in [1.807, 2.05) is 0 Å². The van der Waals surface area contributed by atoms with Crippen LogP contribution in [0.1, 0.15) is 25.3 Å². The van der Waals surface area contributed by atoms with Gasteiger partial charge in [-0.25, -0.2) is 14.1 Å². The molecule has 2 heterocycles. The molecule has 1 aromatic carbocycles. The molecule has 1 amide bonds. The summed E-state index contributed by atoms with van der Waals surface area (Å²) >= 11 is 6.51. The first-order valence-electron chi connectivity index (χ1n) is 7.50. The van der Waals surface area contributed by atoms with E-state index >= 15 is 0 Å². The van der Waals surface area contributed by atoms with Gasteiger partial charge >= 0.3 is 0 Å². The number of carbonyl (C=O) groups is 1. The topological polar surface area (TPSA) is 51.0 Å². The molecule has 0 spiro atoms. The van der Waals surface area contributed by atoms with Gasteiger partial charge in [0.15, 0.2) is 0 Å². The largest absolute Gasteiger partial charge is 0.293 e. The minimum absolute atomic E-state index is 0.112. The van der Waals surface area contributed by atoms with Gasteiger partial charge in [-0.1, -0.05) is 43.4 Å². The van der Waals surface area contributed by atoms with Gasteiger partial charge in [0.2, 0.25) is 0 Å². The van der Waals surface area contributed by atoms with Crippen LogP contribution in [-0.2, 0) is 4.79 Å². The second kappa shape index (κ2) is 7.23. The molecule has 1 saturated heterocycles. The fourth-order valence-electron chi connectivity index (χ4n) is 2.29. The summed E-state index contributed by atoms with van der Waals surface area (Å²) < 4.78 is 16.2. The molecule has 0 saturated carbocycles. The van der Waals surface area contributed by atoms with Crippen LogP contribution in [0.25, 0.3) is 11.8 Å². The Hall–Kier alpha value is -2.06. The lowest BCUT2D eigenvalue weighted by molar-refractivity contribution is -0.122. The number of halogens is 1. The number of hydrogen-bond donors (Lipinski definition) is 0. The summed E-state index contributed by atoms with van der Waals surface area (Å²) in [4.78, 5) is 18.3. The number of aromatic nitrogens is 3. The fourth-order valence-corrected chi connectivity index (χ4v) is 3.60. The van der Waals surface area contributed by atoms with Crippen LogP contribution in [0, 0.1) is 5.82 Å². The van der Waals surface area contributed by atoms with Crippen LogP contribution in [0.2, 0.25) is 0 Å². The Morgan fingerprint density at radius 2 is 2.25 bits per heavy atom. The van der Waals surface area contributed by atoms with Crippen LogP contribution < -0.4 is 0 Å². The Morgan fingerprint density at radius 1 is 1.42 bits per heavy atom. The van der Waals surface area contributed by atoms with E-state index in [0.29, 0.717) is 27.0 Å². The maximum absolute atomic E-state index is 14.3. The van der Waals surface area contributed by atoms with Crippen molar-refractivity contribution >= 4 is 40.3 Å². The number of unbranched alkanes of at least 4 members (excludes halogenated alkanes) is 1. The van der Waals surface area contributed by atoms with Gasteiger partial charge in [0.1, 0.15) is 28.5 Å². The summed E-state index contributed by atoms with van der Waals surface area (Å²) in [7, 11) is 0.